The van der Waals surface area contributed by atoms with E-state index in [9.17, 15) is 9.90 Å². The molecule has 5 nitrogen and oxygen atoms in total. The number of nitrogens with one attached hydrogen (secondary N) is 2. The van der Waals surface area contributed by atoms with Crippen molar-refractivity contribution in [3.8, 4) is 0 Å². The minimum atomic E-state index is -0.485. The maximum Gasteiger partial charge on any atom is 0.407 e. The van der Waals surface area contributed by atoms with E-state index in [1.54, 1.807) is 0 Å². The van der Waals surface area contributed by atoms with Crippen LogP contribution in [0.1, 0.15) is 27.2 Å². The molecule has 0 aliphatic carbocycles. The Kier molecular flexibility index (Phi) is 4.56. The summed E-state index contributed by atoms with van der Waals surface area (Å²) in [6.45, 7) is 7.16. The Morgan fingerprint density at radius 3 is 2.81 bits per heavy atom. The highest BCUT2D eigenvalue weighted by Crippen LogP contribution is 2.13. The van der Waals surface area contributed by atoms with E-state index < -0.39 is 11.7 Å². The van der Waals surface area contributed by atoms with Gasteiger partial charge in [0.2, 0.25) is 0 Å². The first-order valence-corrected chi connectivity index (χ1v) is 5.73. The molecule has 1 saturated heterocycles. The van der Waals surface area contributed by atoms with Gasteiger partial charge in [-0.2, -0.15) is 0 Å². The smallest absolute Gasteiger partial charge is 0.407 e. The molecule has 1 aliphatic heterocycles. The van der Waals surface area contributed by atoms with E-state index in [0.717, 1.165) is 13.0 Å². The lowest BCUT2D eigenvalue weighted by atomic mass is 9.94. The minimum Gasteiger partial charge on any atom is -0.444 e. The van der Waals surface area contributed by atoms with Crippen LogP contribution in [-0.2, 0) is 4.74 Å². The van der Waals surface area contributed by atoms with Crippen LogP contribution in [-0.4, -0.2) is 42.5 Å². The van der Waals surface area contributed by atoms with Crippen molar-refractivity contribution >= 4 is 6.09 Å². The van der Waals surface area contributed by atoms with Crippen LogP contribution in [0.3, 0.4) is 0 Å². The molecule has 0 bridgehead atoms. The number of aliphatic hydroxyl groups is 1. The molecular formula is C11H22N2O3. The van der Waals surface area contributed by atoms with Crippen LogP contribution >= 0.6 is 0 Å². The van der Waals surface area contributed by atoms with Gasteiger partial charge in [0.05, 0.1) is 0 Å². The van der Waals surface area contributed by atoms with Crippen LogP contribution in [0, 0.1) is 5.92 Å². The van der Waals surface area contributed by atoms with Gasteiger partial charge in [-0.15, -0.1) is 0 Å². The van der Waals surface area contributed by atoms with Gasteiger partial charge in [0.15, 0.2) is 0 Å². The third-order valence-corrected chi connectivity index (χ3v) is 2.56. The second kappa shape index (κ2) is 5.50. The van der Waals surface area contributed by atoms with E-state index in [0.29, 0.717) is 6.54 Å². The quantitative estimate of drug-likeness (QED) is 0.645. The number of alkyl carbamates (subject to hydrolysis) is 1. The van der Waals surface area contributed by atoms with E-state index >= 15 is 0 Å². The normalized spacial score (nSPS) is 26.2. The second-order valence-electron chi connectivity index (χ2n) is 5.19. The van der Waals surface area contributed by atoms with Gasteiger partial charge in [0, 0.05) is 25.1 Å². The SMILES string of the molecule is CC(C)(C)OC(=O)NC1CNCCC1CO. The highest BCUT2D eigenvalue weighted by atomic mass is 16.6. The molecule has 0 spiro atoms. The molecule has 0 aromatic rings. The molecule has 0 aromatic heterocycles. The molecule has 1 fully saturated rings. The topological polar surface area (TPSA) is 70.6 Å². The van der Waals surface area contributed by atoms with E-state index in [2.05, 4.69) is 10.6 Å². The van der Waals surface area contributed by atoms with Gasteiger partial charge in [-0.1, -0.05) is 0 Å². The van der Waals surface area contributed by atoms with Crippen molar-refractivity contribution in [1.29, 1.82) is 0 Å². The first kappa shape index (κ1) is 13.3. The van der Waals surface area contributed by atoms with Gasteiger partial charge in [-0.25, -0.2) is 4.79 Å². The zero-order valence-electron chi connectivity index (χ0n) is 10.2. The van der Waals surface area contributed by atoms with Gasteiger partial charge in [0.1, 0.15) is 5.60 Å². The summed E-state index contributed by atoms with van der Waals surface area (Å²) in [6, 6.07) is -0.0476. The summed E-state index contributed by atoms with van der Waals surface area (Å²) in [7, 11) is 0. The molecule has 1 amide bonds. The molecule has 0 aromatic carbocycles. The van der Waals surface area contributed by atoms with Crippen LogP contribution < -0.4 is 10.6 Å². The van der Waals surface area contributed by atoms with E-state index in [1.807, 2.05) is 20.8 Å². The summed E-state index contributed by atoms with van der Waals surface area (Å²) in [6.07, 6.45) is 0.455. The predicted molar refractivity (Wildman–Crippen MR) is 61.2 cm³/mol. The summed E-state index contributed by atoms with van der Waals surface area (Å²) in [5.74, 6) is 0.119. The molecule has 16 heavy (non-hydrogen) atoms. The molecule has 1 rings (SSSR count). The van der Waals surface area contributed by atoms with Crippen molar-refractivity contribution in [1.82, 2.24) is 10.6 Å². The average Bonchev–Trinajstić information content (AvgIpc) is 2.15. The van der Waals surface area contributed by atoms with E-state index in [-0.39, 0.29) is 18.6 Å². The number of carbonyl (C=O) groups excluding carboxylic acids is 1. The number of piperidine rings is 1. The summed E-state index contributed by atoms with van der Waals surface area (Å²) in [4.78, 5) is 11.5. The predicted octanol–water partition coefficient (Wildman–Crippen LogP) is 0.481. The first-order chi connectivity index (χ1) is 7.42. The maximum atomic E-state index is 11.5. The lowest BCUT2D eigenvalue weighted by molar-refractivity contribution is 0.0455. The molecule has 3 N–H and O–H groups in total. The van der Waals surface area contributed by atoms with E-state index in [4.69, 9.17) is 4.74 Å². The van der Waals surface area contributed by atoms with Gasteiger partial charge in [0.25, 0.3) is 0 Å². The van der Waals surface area contributed by atoms with Crippen molar-refractivity contribution in [3.63, 3.8) is 0 Å². The number of amides is 1. The lowest BCUT2D eigenvalue weighted by Gasteiger charge is -2.32. The fourth-order valence-corrected chi connectivity index (χ4v) is 1.76. The number of aliphatic hydroxyl groups excluding tert-OH is 1. The van der Waals surface area contributed by atoms with Gasteiger partial charge < -0.3 is 20.5 Å². The standard InChI is InChI=1S/C11H22N2O3/c1-11(2,3)16-10(15)13-9-6-12-5-4-8(9)7-14/h8-9,12,14H,4-7H2,1-3H3,(H,13,15). The highest BCUT2D eigenvalue weighted by molar-refractivity contribution is 5.68. The van der Waals surface area contributed by atoms with Crippen molar-refractivity contribution in [2.45, 2.75) is 38.8 Å². The summed E-state index contributed by atoms with van der Waals surface area (Å²) < 4.78 is 5.17. The van der Waals surface area contributed by atoms with Crippen molar-refractivity contribution < 1.29 is 14.6 Å². The average molecular weight is 230 g/mol. The van der Waals surface area contributed by atoms with Gasteiger partial charge in [-0.05, 0) is 33.7 Å². The zero-order chi connectivity index (χ0) is 12.2. The fraction of sp³-hybridized carbons (Fsp3) is 0.909. The minimum absolute atomic E-state index is 0.0476. The summed E-state index contributed by atoms with van der Waals surface area (Å²) in [5, 5.41) is 15.2. The molecule has 0 radical (unpaired) electrons. The van der Waals surface area contributed by atoms with Crippen molar-refractivity contribution in [2.24, 2.45) is 5.92 Å². The first-order valence-electron chi connectivity index (χ1n) is 5.73. The van der Waals surface area contributed by atoms with Gasteiger partial charge in [-0.3, -0.25) is 0 Å². The molecule has 1 heterocycles. The van der Waals surface area contributed by atoms with E-state index in [1.165, 1.54) is 0 Å². The Labute approximate surface area is 96.6 Å². The molecule has 5 heteroatoms. The zero-order valence-corrected chi connectivity index (χ0v) is 10.2. The van der Waals surface area contributed by atoms with Crippen LogP contribution in [0.4, 0.5) is 4.79 Å². The number of rotatable bonds is 2. The Hall–Kier alpha value is -0.810. The molecule has 2 atom stereocenters. The molecule has 94 valence electrons. The van der Waals surface area contributed by atoms with Crippen LogP contribution in [0.5, 0.6) is 0 Å². The Morgan fingerprint density at radius 2 is 2.25 bits per heavy atom. The molecule has 1 aliphatic rings. The number of hydrogen-bond donors (Lipinski definition) is 3. The largest absolute Gasteiger partial charge is 0.444 e. The summed E-state index contributed by atoms with van der Waals surface area (Å²) in [5.41, 5.74) is -0.485. The van der Waals surface area contributed by atoms with Crippen LogP contribution in [0.25, 0.3) is 0 Å². The fourth-order valence-electron chi connectivity index (χ4n) is 1.76. The Balaban J connectivity index is 2.42. The maximum absolute atomic E-state index is 11.5. The number of hydrogen-bond acceptors (Lipinski definition) is 4. The number of ether oxygens (including phenoxy) is 1. The third kappa shape index (κ3) is 4.37. The Morgan fingerprint density at radius 1 is 1.56 bits per heavy atom. The van der Waals surface area contributed by atoms with Crippen LogP contribution in [0.15, 0.2) is 0 Å². The molecule has 0 saturated carbocycles. The van der Waals surface area contributed by atoms with Crippen molar-refractivity contribution in [3.05, 3.63) is 0 Å². The summed E-state index contributed by atoms with van der Waals surface area (Å²) >= 11 is 0. The Bertz CT molecular complexity index is 238. The highest BCUT2D eigenvalue weighted by Gasteiger charge is 2.27. The van der Waals surface area contributed by atoms with Crippen LogP contribution in [0.2, 0.25) is 0 Å². The lowest BCUT2D eigenvalue weighted by Crippen LogP contribution is -2.52. The monoisotopic (exact) mass is 230 g/mol. The second-order valence-corrected chi connectivity index (χ2v) is 5.19. The third-order valence-electron chi connectivity index (χ3n) is 2.56. The van der Waals surface area contributed by atoms with Gasteiger partial charge >= 0.3 is 6.09 Å². The van der Waals surface area contributed by atoms with Crippen molar-refractivity contribution in [2.75, 3.05) is 19.7 Å². The molecular weight excluding hydrogens is 208 g/mol. The molecule has 2 unspecified atom stereocenters. The number of carbonyl (C=O) groups is 1.